The Bertz CT molecular complexity index is 1090. The lowest BCUT2D eigenvalue weighted by atomic mass is 10.0. The van der Waals surface area contributed by atoms with Gasteiger partial charge < -0.3 is 0 Å². The quantitative estimate of drug-likeness (QED) is 0.553. The van der Waals surface area contributed by atoms with E-state index in [1.54, 1.807) is 18.2 Å². The lowest BCUT2D eigenvalue weighted by Crippen LogP contribution is -2.15. The van der Waals surface area contributed by atoms with E-state index in [2.05, 4.69) is 63.9 Å². The molecule has 8 heteroatoms. The minimum atomic E-state index is -0.262. The number of aromatic nitrogens is 5. The Hall–Kier alpha value is -3.39. The zero-order chi connectivity index (χ0) is 19.5. The molecule has 0 radical (unpaired) electrons. The van der Waals surface area contributed by atoms with Crippen molar-refractivity contribution >= 4 is 22.4 Å². The molecule has 2 aromatic carbocycles. The Balaban J connectivity index is 1.54. The summed E-state index contributed by atoms with van der Waals surface area (Å²) in [7, 11) is 0. The molecule has 4 rings (SSSR count). The maximum atomic E-state index is 12.8. The van der Waals surface area contributed by atoms with Gasteiger partial charge in [0.25, 0.3) is 5.91 Å². The Morgan fingerprint density at radius 1 is 1.11 bits per heavy atom. The van der Waals surface area contributed by atoms with Gasteiger partial charge in [-0.25, -0.2) is 4.98 Å². The van der Waals surface area contributed by atoms with Crippen LogP contribution in [-0.4, -0.2) is 31.1 Å². The van der Waals surface area contributed by atoms with Gasteiger partial charge in [0.15, 0.2) is 5.13 Å². The predicted molar refractivity (Wildman–Crippen MR) is 109 cm³/mol. The van der Waals surface area contributed by atoms with Crippen molar-refractivity contribution in [1.82, 2.24) is 25.2 Å². The van der Waals surface area contributed by atoms with Crippen molar-refractivity contribution in [3.63, 3.8) is 0 Å². The summed E-state index contributed by atoms with van der Waals surface area (Å²) in [6, 6.07) is 15.5. The highest BCUT2D eigenvalue weighted by Gasteiger charge is 2.15. The van der Waals surface area contributed by atoms with Crippen molar-refractivity contribution < 1.29 is 4.79 Å². The van der Waals surface area contributed by atoms with Crippen molar-refractivity contribution in [2.45, 2.75) is 19.8 Å². The molecule has 0 bridgehead atoms. The number of thiazole rings is 1. The molecule has 28 heavy (non-hydrogen) atoms. The third kappa shape index (κ3) is 3.67. The highest BCUT2D eigenvalue weighted by molar-refractivity contribution is 7.14. The van der Waals surface area contributed by atoms with Crippen LogP contribution in [0.2, 0.25) is 0 Å². The van der Waals surface area contributed by atoms with E-state index >= 15 is 0 Å². The fraction of sp³-hybridized carbons (Fsp3) is 0.150. The summed E-state index contributed by atoms with van der Waals surface area (Å²) in [5, 5.41) is 16.5. The first-order valence-corrected chi connectivity index (χ1v) is 9.69. The van der Waals surface area contributed by atoms with Gasteiger partial charge in [-0.2, -0.15) is 4.68 Å². The van der Waals surface area contributed by atoms with Gasteiger partial charge in [0.1, 0.15) is 6.33 Å². The Morgan fingerprint density at radius 3 is 2.61 bits per heavy atom. The maximum absolute atomic E-state index is 12.8. The van der Waals surface area contributed by atoms with E-state index in [1.807, 2.05) is 11.4 Å². The van der Waals surface area contributed by atoms with E-state index in [9.17, 15) is 4.79 Å². The number of amides is 1. The molecule has 1 amide bonds. The number of hydrogen-bond donors (Lipinski definition) is 1. The average molecular weight is 390 g/mol. The van der Waals surface area contributed by atoms with Gasteiger partial charge in [-0.15, -0.1) is 16.4 Å². The number of benzene rings is 2. The topological polar surface area (TPSA) is 85.6 Å². The maximum Gasteiger partial charge on any atom is 0.259 e. The smallest absolute Gasteiger partial charge is 0.259 e. The molecule has 1 N–H and O–H groups in total. The lowest BCUT2D eigenvalue weighted by molar-refractivity contribution is 0.102. The van der Waals surface area contributed by atoms with E-state index in [0.717, 1.165) is 11.3 Å². The molecular weight excluding hydrogens is 372 g/mol. The van der Waals surface area contributed by atoms with Gasteiger partial charge in [-0.3, -0.25) is 10.1 Å². The van der Waals surface area contributed by atoms with Crippen LogP contribution < -0.4 is 5.32 Å². The number of carbonyl (C=O) groups is 1. The zero-order valence-electron chi connectivity index (χ0n) is 15.4. The fourth-order valence-corrected chi connectivity index (χ4v) is 3.52. The number of nitrogens with one attached hydrogen (secondary N) is 1. The molecule has 4 aromatic rings. The van der Waals surface area contributed by atoms with Crippen molar-refractivity contribution in [2.75, 3.05) is 5.32 Å². The molecule has 140 valence electrons. The molecule has 0 unspecified atom stereocenters. The third-order valence-electron chi connectivity index (χ3n) is 4.34. The summed E-state index contributed by atoms with van der Waals surface area (Å²) in [6.07, 6.45) is 1.45. The minimum Gasteiger partial charge on any atom is -0.298 e. The summed E-state index contributed by atoms with van der Waals surface area (Å²) in [5.41, 5.74) is 4.21. The summed E-state index contributed by atoms with van der Waals surface area (Å²) < 4.78 is 1.46. The predicted octanol–water partition coefficient (Wildman–Crippen LogP) is 4.16. The Labute approximate surface area is 166 Å². The van der Waals surface area contributed by atoms with E-state index in [0.29, 0.717) is 22.3 Å². The van der Waals surface area contributed by atoms with E-state index in [4.69, 9.17) is 0 Å². The number of carbonyl (C=O) groups excluding carboxylic acids is 1. The van der Waals surface area contributed by atoms with Crippen LogP contribution >= 0.6 is 11.3 Å². The third-order valence-corrected chi connectivity index (χ3v) is 5.10. The molecule has 2 aromatic heterocycles. The van der Waals surface area contributed by atoms with Crippen LogP contribution in [0.1, 0.15) is 35.7 Å². The highest BCUT2D eigenvalue weighted by atomic mass is 32.1. The second-order valence-corrected chi connectivity index (χ2v) is 7.40. The molecule has 0 saturated carbocycles. The molecule has 7 nitrogen and oxygen atoms in total. The first-order chi connectivity index (χ1) is 13.6. The van der Waals surface area contributed by atoms with Crippen molar-refractivity contribution in [2.24, 2.45) is 0 Å². The van der Waals surface area contributed by atoms with Gasteiger partial charge in [0.2, 0.25) is 0 Å². The highest BCUT2D eigenvalue weighted by Crippen LogP contribution is 2.27. The monoisotopic (exact) mass is 390 g/mol. The number of para-hydroxylation sites is 1. The summed E-state index contributed by atoms with van der Waals surface area (Å²) in [6.45, 7) is 4.33. The summed E-state index contributed by atoms with van der Waals surface area (Å²) in [4.78, 5) is 17.3. The molecule has 0 spiro atoms. The largest absolute Gasteiger partial charge is 0.298 e. The zero-order valence-corrected chi connectivity index (χ0v) is 16.2. The van der Waals surface area contributed by atoms with Crippen LogP contribution in [0.25, 0.3) is 16.9 Å². The first-order valence-electron chi connectivity index (χ1n) is 8.81. The molecule has 0 aliphatic rings. The number of nitrogens with zero attached hydrogens (tertiary/aromatic N) is 5. The van der Waals surface area contributed by atoms with Crippen LogP contribution in [-0.2, 0) is 0 Å². The van der Waals surface area contributed by atoms with Gasteiger partial charge in [0.05, 0.1) is 16.9 Å². The summed E-state index contributed by atoms with van der Waals surface area (Å²) >= 11 is 1.39. The normalized spacial score (nSPS) is 11.0. The standard InChI is InChI=1S/C20H18N6OS/c1-13(2)14-7-9-15(10-8-14)17-11-28-20(22-17)23-19(27)16-5-3-4-6-18(16)26-12-21-24-25-26/h3-13H,1-2H3,(H,22,23,27). The fourth-order valence-electron chi connectivity index (χ4n) is 2.80. The van der Waals surface area contributed by atoms with Gasteiger partial charge >= 0.3 is 0 Å². The second kappa shape index (κ2) is 7.69. The van der Waals surface area contributed by atoms with E-state index in [1.165, 1.54) is 27.9 Å². The van der Waals surface area contributed by atoms with Gasteiger partial charge in [-0.05, 0) is 34.0 Å². The van der Waals surface area contributed by atoms with Crippen molar-refractivity contribution in [1.29, 1.82) is 0 Å². The number of hydrogen-bond acceptors (Lipinski definition) is 6. The van der Waals surface area contributed by atoms with Crippen LogP contribution in [0.15, 0.2) is 60.2 Å². The minimum absolute atomic E-state index is 0.262. The Kier molecular flexibility index (Phi) is 4.94. The Morgan fingerprint density at radius 2 is 1.89 bits per heavy atom. The molecule has 0 saturated heterocycles. The average Bonchev–Trinajstić information content (AvgIpc) is 3.40. The van der Waals surface area contributed by atoms with Crippen LogP contribution in [0.3, 0.4) is 0 Å². The molecule has 2 heterocycles. The number of tetrazole rings is 1. The SMILES string of the molecule is CC(C)c1ccc(-c2csc(NC(=O)c3ccccc3-n3cnnn3)n2)cc1. The molecule has 0 aliphatic heterocycles. The number of anilines is 1. The first kappa shape index (κ1) is 18.0. The summed E-state index contributed by atoms with van der Waals surface area (Å²) in [5.74, 6) is 0.224. The van der Waals surface area contributed by atoms with Gasteiger partial charge in [-0.1, -0.05) is 50.2 Å². The van der Waals surface area contributed by atoms with Crippen LogP contribution in [0.5, 0.6) is 0 Å². The van der Waals surface area contributed by atoms with Crippen molar-refractivity contribution in [3.05, 3.63) is 71.4 Å². The number of rotatable bonds is 5. The van der Waals surface area contributed by atoms with E-state index in [-0.39, 0.29) is 5.91 Å². The van der Waals surface area contributed by atoms with E-state index < -0.39 is 0 Å². The molecule has 0 atom stereocenters. The van der Waals surface area contributed by atoms with Gasteiger partial charge in [0, 0.05) is 10.9 Å². The molecule has 0 aliphatic carbocycles. The van der Waals surface area contributed by atoms with Crippen LogP contribution in [0.4, 0.5) is 5.13 Å². The lowest BCUT2D eigenvalue weighted by Gasteiger charge is -2.07. The molecule has 0 fully saturated rings. The van der Waals surface area contributed by atoms with Crippen molar-refractivity contribution in [3.8, 4) is 16.9 Å². The molecular formula is C20H18N6OS. The van der Waals surface area contributed by atoms with Crippen LogP contribution in [0, 0.1) is 0 Å². The second-order valence-electron chi connectivity index (χ2n) is 6.54.